The molecular weight excluding hydrogens is 440 g/mol. The zero-order valence-electron chi connectivity index (χ0n) is 16.9. The van der Waals surface area contributed by atoms with Gasteiger partial charge in [0, 0.05) is 19.6 Å². The molecule has 0 N–H and O–H groups in total. The zero-order valence-corrected chi connectivity index (χ0v) is 18.5. The molecule has 0 spiro atoms. The number of hydrogen-bond acceptors (Lipinski definition) is 5. The fourth-order valence-electron chi connectivity index (χ4n) is 3.95. The number of ether oxygens (including phenoxy) is 1. The van der Waals surface area contributed by atoms with Crippen LogP contribution in [0.15, 0.2) is 47.4 Å². The Hall–Kier alpha value is -2.58. The van der Waals surface area contributed by atoms with Gasteiger partial charge in [-0.15, -0.1) is 0 Å². The number of halogens is 1. The largest absolute Gasteiger partial charge is 0.452 e. The van der Waals surface area contributed by atoms with Crippen molar-refractivity contribution in [3.63, 3.8) is 0 Å². The fraction of sp³-hybridized carbons (Fsp3) is 0.364. The number of benzene rings is 2. The first-order chi connectivity index (χ1) is 14.9. The Bertz CT molecular complexity index is 1110. The van der Waals surface area contributed by atoms with Crippen molar-refractivity contribution in [1.82, 2.24) is 4.90 Å². The summed E-state index contributed by atoms with van der Waals surface area (Å²) in [5.74, 6) is -1.01. The number of anilines is 1. The smallest absolute Gasteiger partial charge is 0.338 e. The van der Waals surface area contributed by atoms with Gasteiger partial charge in [0.25, 0.3) is 15.9 Å². The number of piperidine rings is 1. The van der Waals surface area contributed by atoms with E-state index in [1.165, 1.54) is 22.5 Å². The number of esters is 1. The van der Waals surface area contributed by atoms with Crippen LogP contribution in [0.25, 0.3) is 0 Å². The fourth-order valence-corrected chi connectivity index (χ4v) is 5.96. The van der Waals surface area contributed by atoms with Gasteiger partial charge < -0.3 is 9.64 Å². The highest BCUT2D eigenvalue weighted by atomic mass is 35.5. The van der Waals surface area contributed by atoms with Crippen molar-refractivity contribution in [2.45, 2.75) is 30.6 Å². The van der Waals surface area contributed by atoms with Crippen molar-refractivity contribution >= 4 is 39.2 Å². The van der Waals surface area contributed by atoms with Crippen molar-refractivity contribution in [2.24, 2.45) is 0 Å². The molecule has 9 heteroatoms. The van der Waals surface area contributed by atoms with E-state index in [9.17, 15) is 18.0 Å². The molecular formula is C22H23ClN2O5S. The van der Waals surface area contributed by atoms with E-state index in [2.05, 4.69) is 0 Å². The second-order valence-corrected chi connectivity index (χ2v) is 9.86. The van der Waals surface area contributed by atoms with Gasteiger partial charge in [-0.3, -0.25) is 9.10 Å². The van der Waals surface area contributed by atoms with E-state index in [0.29, 0.717) is 31.7 Å². The molecule has 2 aromatic carbocycles. The molecule has 0 unspecified atom stereocenters. The minimum absolute atomic E-state index is 0.0188. The first-order valence-corrected chi connectivity index (χ1v) is 12.0. The van der Waals surface area contributed by atoms with Gasteiger partial charge in [-0.2, -0.15) is 0 Å². The number of carbonyl (C=O) groups is 2. The second-order valence-electron chi connectivity index (χ2n) is 7.62. The van der Waals surface area contributed by atoms with Gasteiger partial charge in [0.2, 0.25) is 0 Å². The minimum atomic E-state index is -3.97. The molecule has 0 aromatic heterocycles. The summed E-state index contributed by atoms with van der Waals surface area (Å²) in [7, 11) is -3.97. The Morgan fingerprint density at radius 1 is 1.00 bits per heavy atom. The number of hydrogen-bond donors (Lipinski definition) is 0. The average Bonchev–Trinajstić information content (AvgIpc) is 3.23. The molecule has 0 radical (unpaired) electrons. The molecule has 2 aliphatic heterocycles. The van der Waals surface area contributed by atoms with Gasteiger partial charge in [0.05, 0.1) is 16.3 Å². The van der Waals surface area contributed by atoms with Crippen LogP contribution in [0.4, 0.5) is 5.69 Å². The molecule has 0 aliphatic carbocycles. The molecule has 4 rings (SSSR count). The first kappa shape index (κ1) is 21.6. The van der Waals surface area contributed by atoms with Crippen molar-refractivity contribution in [1.29, 1.82) is 0 Å². The summed E-state index contributed by atoms with van der Waals surface area (Å²) in [4.78, 5) is 26.2. The van der Waals surface area contributed by atoms with Gasteiger partial charge in [0.15, 0.2) is 6.61 Å². The van der Waals surface area contributed by atoms with Crippen LogP contribution in [0.3, 0.4) is 0 Å². The van der Waals surface area contributed by atoms with E-state index in [1.54, 1.807) is 17.0 Å². The maximum atomic E-state index is 13.3. The lowest BCUT2D eigenvalue weighted by molar-refractivity contribution is -0.135. The van der Waals surface area contributed by atoms with Gasteiger partial charge in [0.1, 0.15) is 4.90 Å². The van der Waals surface area contributed by atoms with Crippen LogP contribution >= 0.6 is 11.6 Å². The van der Waals surface area contributed by atoms with Crippen molar-refractivity contribution in [3.05, 3.63) is 58.6 Å². The molecule has 2 aromatic rings. The SMILES string of the molecule is O=C(OCC(=O)N1CCCCC1)c1ccc(Cl)c(S(=O)(=O)N2CCc3ccccc32)c1. The lowest BCUT2D eigenvalue weighted by Gasteiger charge is -2.26. The highest BCUT2D eigenvalue weighted by Gasteiger charge is 2.32. The van der Waals surface area contributed by atoms with Crippen LogP contribution in [0.5, 0.6) is 0 Å². The molecule has 1 fully saturated rings. The Labute approximate surface area is 186 Å². The summed E-state index contributed by atoms with van der Waals surface area (Å²) in [6.45, 7) is 1.26. The van der Waals surface area contributed by atoms with Crippen LogP contribution in [-0.4, -0.2) is 51.4 Å². The van der Waals surface area contributed by atoms with E-state index in [4.69, 9.17) is 16.3 Å². The minimum Gasteiger partial charge on any atom is -0.452 e. The molecule has 31 heavy (non-hydrogen) atoms. The Balaban J connectivity index is 1.52. The molecule has 7 nitrogen and oxygen atoms in total. The summed E-state index contributed by atoms with van der Waals surface area (Å²) in [5.41, 5.74) is 1.58. The topological polar surface area (TPSA) is 84.0 Å². The van der Waals surface area contributed by atoms with Crippen molar-refractivity contribution < 1.29 is 22.7 Å². The predicted octanol–water partition coefficient (Wildman–Crippen LogP) is 3.26. The monoisotopic (exact) mass is 462 g/mol. The zero-order chi connectivity index (χ0) is 22.0. The Morgan fingerprint density at radius 3 is 2.52 bits per heavy atom. The van der Waals surface area contributed by atoms with E-state index in [1.807, 2.05) is 12.1 Å². The van der Waals surface area contributed by atoms with E-state index in [0.717, 1.165) is 24.8 Å². The summed E-state index contributed by atoms with van der Waals surface area (Å²) < 4.78 is 33.0. The number of nitrogens with zero attached hydrogens (tertiary/aromatic N) is 2. The molecule has 0 atom stereocenters. The molecule has 0 bridgehead atoms. The van der Waals surface area contributed by atoms with Crippen LogP contribution in [-0.2, 0) is 26.0 Å². The van der Waals surface area contributed by atoms with Crippen molar-refractivity contribution in [3.8, 4) is 0 Å². The van der Waals surface area contributed by atoms with E-state index in [-0.39, 0.29) is 28.0 Å². The average molecular weight is 463 g/mol. The van der Waals surface area contributed by atoms with Crippen LogP contribution in [0.1, 0.15) is 35.2 Å². The van der Waals surface area contributed by atoms with Crippen LogP contribution in [0, 0.1) is 0 Å². The highest BCUT2D eigenvalue weighted by molar-refractivity contribution is 7.93. The van der Waals surface area contributed by atoms with Gasteiger partial charge in [-0.05, 0) is 55.5 Å². The van der Waals surface area contributed by atoms with E-state index >= 15 is 0 Å². The Morgan fingerprint density at radius 2 is 1.74 bits per heavy atom. The molecule has 0 saturated carbocycles. The quantitative estimate of drug-likeness (QED) is 0.637. The maximum absolute atomic E-state index is 13.3. The number of sulfonamides is 1. The molecule has 2 aliphatic rings. The first-order valence-electron chi connectivity index (χ1n) is 10.2. The standard InChI is InChI=1S/C22H23ClN2O5S/c23-18-9-8-17(22(27)30-15-21(26)24-11-4-1-5-12-24)14-20(18)31(28,29)25-13-10-16-6-2-3-7-19(16)25/h2-3,6-9,14H,1,4-5,10-13,15H2. The molecule has 1 saturated heterocycles. The summed E-state index contributed by atoms with van der Waals surface area (Å²) in [6, 6.07) is 11.3. The molecule has 2 heterocycles. The molecule has 1 amide bonds. The predicted molar refractivity (Wildman–Crippen MR) is 117 cm³/mol. The maximum Gasteiger partial charge on any atom is 0.338 e. The summed E-state index contributed by atoms with van der Waals surface area (Å²) >= 11 is 6.20. The number of likely N-dealkylation sites (tertiary alicyclic amines) is 1. The second kappa shape index (κ2) is 8.88. The number of para-hydroxylation sites is 1. The summed E-state index contributed by atoms with van der Waals surface area (Å²) in [6.07, 6.45) is 3.58. The number of rotatable bonds is 5. The third kappa shape index (κ3) is 4.41. The van der Waals surface area contributed by atoms with Crippen LogP contribution < -0.4 is 4.31 Å². The molecule has 164 valence electrons. The van der Waals surface area contributed by atoms with Crippen molar-refractivity contribution in [2.75, 3.05) is 30.5 Å². The number of carbonyl (C=O) groups excluding carboxylic acids is 2. The van der Waals surface area contributed by atoms with Gasteiger partial charge in [-0.25, -0.2) is 13.2 Å². The number of amides is 1. The highest BCUT2D eigenvalue weighted by Crippen LogP contribution is 2.35. The third-order valence-electron chi connectivity index (χ3n) is 5.61. The van der Waals surface area contributed by atoms with E-state index < -0.39 is 16.0 Å². The lowest BCUT2D eigenvalue weighted by atomic mass is 10.1. The lowest BCUT2D eigenvalue weighted by Crippen LogP contribution is -2.38. The summed E-state index contributed by atoms with van der Waals surface area (Å²) in [5, 5.41) is 0.0188. The normalized spacial score (nSPS) is 16.2. The van der Waals surface area contributed by atoms with Crippen LogP contribution in [0.2, 0.25) is 5.02 Å². The third-order valence-corrected chi connectivity index (χ3v) is 7.91. The number of fused-ring (bicyclic) bond motifs is 1. The Kier molecular flexibility index (Phi) is 6.20. The van der Waals surface area contributed by atoms with Gasteiger partial charge in [-0.1, -0.05) is 29.8 Å². The van der Waals surface area contributed by atoms with Gasteiger partial charge >= 0.3 is 5.97 Å².